The predicted octanol–water partition coefficient (Wildman–Crippen LogP) is 1.75. The van der Waals surface area contributed by atoms with Crippen molar-refractivity contribution in [3.05, 3.63) is 41.2 Å². The van der Waals surface area contributed by atoms with Gasteiger partial charge in [0.2, 0.25) is 10.0 Å². The maximum Gasteiger partial charge on any atom is 0.244 e. The molecule has 0 atom stereocenters. The molecule has 2 N–H and O–H groups in total. The van der Waals surface area contributed by atoms with Crippen LogP contribution < -0.4 is 10.0 Å². The van der Waals surface area contributed by atoms with Crippen LogP contribution in [0.25, 0.3) is 0 Å². The van der Waals surface area contributed by atoms with E-state index in [1.54, 1.807) is 13.0 Å². The lowest BCUT2D eigenvalue weighted by atomic mass is 10.1. The average molecular weight is 321 g/mol. The van der Waals surface area contributed by atoms with Crippen LogP contribution in [0, 0.1) is 12.7 Å². The number of nitrogens with one attached hydrogen (secondary N) is 2. The summed E-state index contributed by atoms with van der Waals surface area (Å²) in [5.41, 5.74) is 1.43. The van der Waals surface area contributed by atoms with Crippen LogP contribution in [0.2, 0.25) is 0 Å². The molecule has 1 aliphatic heterocycles. The summed E-state index contributed by atoms with van der Waals surface area (Å²) >= 11 is 0. The Morgan fingerprint density at radius 2 is 2.15 bits per heavy atom. The third-order valence-electron chi connectivity index (χ3n) is 3.08. The van der Waals surface area contributed by atoms with Gasteiger partial charge in [0, 0.05) is 13.1 Å². The van der Waals surface area contributed by atoms with Gasteiger partial charge in [-0.3, -0.25) is 0 Å². The summed E-state index contributed by atoms with van der Waals surface area (Å²) in [6.45, 7) is 3.40. The van der Waals surface area contributed by atoms with E-state index in [4.69, 9.17) is 0 Å². The normalized spacial score (nSPS) is 15.4. The van der Waals surface area contributed by atoms with Crippen LogP contribution in [0.5, 0.6) is 0 Å². The van der Waals surface area contributed by atoms with Gasteiger partial charge in [-0.25, -0.2) is 17.5 Å². The van der Waals surface area contributed by atoms with Crippen LogP contribution in [-0.4, -0.2) is 28.1 Å². The summed E-state index contributed by atoms with van der Waals surface area (Å²) < 4.78 is 40.4. The summed E-state index contributed by atoms with van der Waals surface area (Å²) in [7, 11) is -3.81. The lowest BCUT2D eigenvalue weighted by molar-refractivity contribution is 0.555. The molecule has 1 heterocycles. The zero-order valence-corrected chi connectivity index (χ0v) is 12.8. The molecule has 20 heavy (non-hydrogen) atoms. The Morgan fingerprint density at radius 3 is 2.75 bits per heavy atom. The number of rotatable bonds is 4. The van der Waals surface area contributed by atoms with Crippen LogP contribution in [-0.2, 0) is 10.0 Å². The van der Waals surface area contributed by atoms with Crippen LogP contribution in [0.15, 0.2) is 34.7 Å². The molecule has 0 unspecified atom stereocenters. The Kier molecular flexibility index (Phi) is 6.13. The fourth-order valence-corrected chi connectivity index (χ4v) is 3.38. The minimum Gasteiger partial charge on any atom is -0.313 e. The molecule has 0 aliphatic carbocycles. The van der Waals surface area contributed by atoms with E-state index in [2.05, 4.69) is 10.0 Å². The number of sulfonamides is 1. The van der Waals surface area contributed by atoms with E-state index in [0.717, 1.165) is 31.1 Å². The SMILES string of the molecule is Cc1cccc(F)c1S(=O)(=O)NCC1=CCNCC1.Cl. The Hall–Kier alpha value is -0.950. The standard InChI is InChI=1S/C13H17FN2O2S.ClH/c1-10-3-2-4-12(14)13(10)19(17,18)16-9-11-5-7-15-8-6-11;/h2-5,15-16H,6-9H2,1H3;1H. The first-order valence-electron chi connectivity index (χ1n) is 6.14. The molecule has 0 radical (unpaired) electrons. The summed E-state index contributed by atoms with van der Waals surface area (Å²) in [6.07, 6.45) is 2.76. The van der Waals surface area contributed by atoms with Crippen molar-refractivity contribution in [1.29, 1.82) is 0 Å². The van der Waals surface area contributed by atoms with Gasteiger partial charge in [0.05, 0.1) is 0 Å². The van der Waals surface area contributed by atoms with Crippen molar-refractivity contribution in [1.82, 2.24) is 10.0 Å². The highest BCUT2D eigenvalue weighted by Gasteiger charge is 2.21. The predicted molar refractivity (Wildman–Crippen MR) is 79.1 cm³/mol. The lowest BCUT2D eigenvalue weighted by Gasteiger charge is -2.15. The third kappa shape index (κ3) is 4.02. The van der Waals surface area contributed by atoms with Crippen LogP contribution in [0.1, 0.15) is 12.0 Å². The van der Waals surface area contributed by atoms with Crippen molar-refractivity contribution in [2.45, 2.75) is 18.2 Å². The van der Waals surface area contributed by atoms with Crippen molar-refractivity contribution in [3.8, 4) is 0 Å². The summed E-state index contributed by atoms with van der Waals surface area (Å²) in [6, 6.07) is 4.24. The minimum absolute atomic E-state index is 0. The molecule has 112 valence electrons. The number of aryl methyl sites for hydroxylation is 1. The average Bonchev–Trinajstić information content (AvgIpc) is 2.37. The highest BCUT2D eigenvalue weighted by molar-refractivity contribution is 7.89. The van der Waals surface area contributed by atoms with Gasteiger partial charge in [-0.1, -0.05) is 23.8 Å². The van der Waals surface area contributed by atoms with E-state index < -0.39 is 15.8 Å². The monoisotopic (exact) mass is 320 g/mol. The molecule has 0 spiro atoms. The molecular formula is C13H18ClFN2O2S. The quantitative estimate of drug-likeness (QED) is 0.831. The molecule has 0 fully saturated rings. The van der Waals surface area contributed by atoms with Crippen LogP contribution in [0.3, 0.4) is 0 Å². The summed E-state index contributed by atoms with van der Waals surface area (Å²) in [4.78, 5) is -0.260. The maximum atomic E-state index is 13.7. The summed E-state index contributed by atoms with van der Waals surface area (Å²) in [5.74, 6) is -0.716. The fourth-order valence-electron chi connectivity index (χ4n) is 2.05. The third-order valence-corrected chi connectivity index (χ3v) is 4.66. The highest BCUT2D eigenvalue weighted by Crippen LogP contribution is 2.18. The number of halogens is 2. The van der Waals surface area contributed by atoms with E-state index in [1.807, 2.05) is 6.08 Å². The van der Waals surface area contributed by atoms with E-state index in [1.165, 1.54) is 6.07 Å². The first kappa shape index (κ1) is 17.1. The first-order chi connectivity index (χ1) is 9.00. The number of benzene rings is 1. The van der Waals surface area contributed by atoms with Gasteiger partial charge < -0.3 is 5.32 Å². The second-order valence-corrected chi connectivity index (χ2v) is 6.23. The molecule has 0 saturated heterocycles. The Morgan fingerprint density at radius 1 is 1.40 bits per heavy atom. The smallest absolute Gasteiger partial charge is 0.244 e. The zero-order chi connectivity index (χ0) is 13.9. The molecular weight excluding hydrogens is 303 g/mol. The maximum absolute atomic E-state index is 13.7. The largest absolute Gasteiger partial charge is 0.313 e. The molecule has 0 amide bonds. The van der Waals surface area contributed by atoms with E-state index >= 15 is 0 Å². The van der Waals surface area contributed by atoms with Gasteiger partial charge in [-0.2, -0.15) is 0 Å². The Balaban J connectivity index is 0.00000200. The Bertz CT molecular complexity index is 582. The van der Waals surface area contributed by atoms with Crippen LogP contribution in [0.4, 0.5) is 4.39 Å². The van der Waals surface area contributed by atoms with Crippen LogP contribution >= 0.6 is 12.4 Å². The highest BCUT2D eigenvalue weighted by atomic mass is 35.5. The number of hydrogen-bond acceptors (Lipinski definition) is 3. The van der Waals surface area contributed by atoms with E-state index in [9.17, 15) is 12.8 Å². The van der Waals surface area contributed by atoms with Crippen molar-refractivity contribution >= 4 is 22.4 Å². The fraction of sp³-hybridized carbons (Fsp3) is 0.385. The van der Waals surface area contributed by atoms with E-state index in [0.29, 0.717) is 5.56 Å². The topological polar surface area (TPSA) is 58.2 Å². The van der Waals surface area contributed by atoms with Crippen molar-refractivity contribution < 1.29 is 12.8 Å². The van der Waals surface area contributed by atoms with Gasteiger partial charge in [-0.15, -0.1) is 12.4 Å². The molecule has 1 aromatic rings. The van der Waals surface area contributed by atoms with Crippen molar-refractivity contribution in [2.75, 3.05) is 19.6 Å². The van der Waals surface area contributed by atoms with Gasteiger partial charge in [0.15, 0.2) is 0 Å². The Labute approximate surface area is 124 Å². The van der Waals surface area contributed by atoms with Gasteiger partial charge in [0.25, 0.3) is 0 Å². The molecule has 0 saturated carbocycles. The van der Waals surface area contributed by atoms with Gasteiger partial charge >= 0.3 is 0 Å². The second kappa shape index (κ2) is 7.17. The zero-order valence-electron chi connectivity index (χ0n) is 11.1. The minimum atomic E-state index is -3.81. The van der Waals surface area contributed by atoms with Gasteiger partial charge in [-0.05, 0) is 31.5 Å². The molecule has 1 aromatic carbocycles. The molecule has 1 aliphatic rings. The molecule has 0 aromatic heterocycles. The molecule has 7 heteroatoms. The first-order valence-corrected chi connectivity index (χ1v) is 7.62. The van der Waals surface area contributed by atoms with Gasteiger partial charge in [0.1, 0.15) is 10.7 Å². The summed E-state index contributed by atoms with van der Waals surface area (Å²) in [5, 5.41) is 3.15. The number of hydrogen-bond donors (Lipinski definition) is 2. The second-order valence-electron chi connectivity index (χ2n) is 4.53. The van der Waals surface area contributed by atoms with Crippen molar-refractivity contribution in [2.24, 2.45) is 0 Å². The molecule has 4 nitrogen and oxygen atoms in total. The van der Waals surface area contributed by atoms with E-state index in [-0.39, 0.29) is 23.8 Å². The van der Waals surface area contributed by atoms with Crippen molar-refractivity contribution in [3.63, 3.8) is 0 Å². The molecule has 0 bridgehead atoms. The lowest BCUT2D eigenvalue weighted by Crippen LogP contribution is -2.30. The molecule has 2 rings (SSSR count).